The highest BCUT2D eigenvalue weighted by Gasteiger charge is 2.19. The van der Waals surface area contributed by atoms with Crippen molar-refractivity contribution in [3.8, 4) is 6.07 Å². The molecule has 1 atom stereocenters. The molecule has 4 heteroatoms. The summed E-state index contributed by atoms with van der Waals surface area (Å²) in [5.41, 5.74) is 5.45. The minimum atomic E-state index is -0.140. The van der Waals surface area contributed by atoms with Crippen molar-refractivity contribution in [3.05, 3.63) is 0 Å². The van der Waals surface area contributed by atoms with Crippen LogP contribution in [0.3, 0.4) is 0 Å². The lowest BCUT2D eigenvalue weighted by Gasteiger charge is -2.17. The molecule has 0 aromatic rings. The second-order valence-electron chi connectivity index (χ2n) is 3.29. The van der Waals surface area contributed by atoms with Crippen LogP contribution < -0.4 is 11.1 Å². The summed E-state index contributed by atoms with van der Waals surface area (Å²) in [7, 11) is 0. The molecule has 0 heterocycles. The summed E-state index contributed by atoms with van der Waals surface area (Å²) in [6.07, 6.45) is 0.348. The normalized spacial score (nSPS) is 12.2. The van der Waals surface area contributed by atoms with Gasteiger partial charge in [0.1, 0.15) is 0 Å². The fraction of sp³-hybridized carbons (Fsp3) is 0.778. The molecule has 13 heavy (non-hydrogen) atoms. The van der Waals surface area contributed by atoms with E-state index in [1.54, 1.807) is 0 Å². The summed E-state index contributed by atoms with van der Waals surface area (Å²) < 4.78 is 0. The lowest BCUT2D eigenvalue weighted by atomic mass is 9.95. The zero-order chi connectivity index (χ0) is 10.3. The SMILES string of the molecule is CC(C)C(CN)C(=O)NCCC#N. The van der Waals surface area contributed by atoms with Gasteiger partial charge in [-0.05, 0) is 5.92 Å². The molecule has 0 rings (SSSR count). The van der Waals surface area contributed by atoms with E-state index in [4.69, 9.17) is 11.0 Å². The lowest BCUT2D eigenvalue weighted by Crippen LogP contribution is -2.38. The third-order valence-corrected chi connectivity index (χ3v) is 1.93. The number of nitriles is 1. The van der Waals surface area contributed by atoms with Crippen molar-refractivity contribution in [2.45, 2.75) is 20.3 Å². The number of hydrogen-bond acceptors (Lipinski definition) is 3. The number of nitrogens with one attached hydrogen (secondary N) is 1. The van der Waals surface area contributed by atoms with Crippen LogP contribution in [0.1, 0.15) is 20.3 Å². The van der Waals surface area contributed by atoms with E-state index in [0.717, 1.165) is 0 Å². The first-order chi connectivity index (χ1) is 6.13. The number of nitrogens with two attached hydrogens (primary N) is 1. The number of amides is 1. The van der Waals surface area contributed by atoms with Gasteiger partial charge in [0.15, 0.2) is 0 Å². The number of carbonyl (C=O) groups excluding carboxylic acids is 1. The van der Waals surface area contributed by atoms with Crippen LogP contribution in [-0.4, -0.2) is 19.0 Å². The Kier molecular flexibility index (Phi) is 5.90. The summed E-state index contributed by atoms with van der Waals surface area (Å²) in [6.45, 7) is 4.69. The lowest BCUT2D eigenvalue weighted by molar-refractivity contribution is -0.125. The smallest absolute Gasteiger partial charge is 0.224 e. The molecule has 0 aromatic heterocycles. The van der Waals surface area contributed by atoms with Crippen molar-refractivity contribution in [2.24, 2.45) is 17.6 Å². The van der Waals surface area contributed by atoms with E-state index < -0.39 is 0 Å². The highest BCUT2D eigenvalue weighted by atomic mass is 16.1. The van der Waals surface area contributed by atoms with Crippen LogP contribution in [0, 0.1) is 23.2 Å². The van der Waals surface area contributed by atoms with Crippen LogP contribution in [0.15, 0.2) is 0 Å². The second-order valence-corrected chi connectivity index (χ2v) is 3.29. The van der Waals surface area contributed by atoms with E-state index >= 15 is 0 Å². The zero-order valence-corrected chi connectivity index (χ0v) is 8.21. The molecule has 0 saturated carbocycles. The quantitative estimate of drug-likeness (QED) is 0.599. The summed E-state index contributed by atoms with van der Waals surface area (Å²) >= 11 is 0. The predicted octanol–water partition coefficient (Wildman–Crippen LogP) is 0.247. The Morgan fingerprint density at radius 1 is 1.62 bits per heavy atom. The Morgan fingerprint density at radius 2 is 2.23 bits per heavy atom. The van der Waals surface area contributed by atoms with Crippen molar-refractivity contribution in [1.82, 2.24) is 5.32 Å². The van der Waals surface area contributed by atoms with Gasteiger partial charge >= 0.3 is 0 Å². The van der Waals surface area contributed by atoms with Gasteiger partial charge in [0, 0.05) is 13.1 Å². The van der Waals surface area contributed by atoms with E-state index in [0.29, 0.717) is 19.5 Å². The van der Waals surface area contributed by atoms with Gasteiger partial charge in [-0.25, -0.2) is 0 Å². The van der Waals surface area contributed by atoms with Gasteiger partial charge in [-0.3, -0.25) is 4.79 Å². The minimum absolute atomic E-state index is 0.0484. The van der Waals surface area contributed by atoms with E-state index in [-0.39, 0.29) is 17.7 Å². The van der Waals surface area contributed by atoms with Gasteiger partial charge in [0.2, 0.25) is 5.91 Å². The minimum Gasteiger partial charge on any atom is -0.355 e. The summed E-state index contributed by atoms with van der Waals surface area (Å²) in [6, 6.07) is 1.96. The third kappa shape index (κ3) is 4.48. The maximum atomic E-state index is 11.4. The molecule has 0 aliphatic heterocycles. The van der Waals surface area contributed by atoms with E-state index in [1.807, 2.05) is 19.9 Å². The van der Waals surface area contributed by atoms with Gasteiger partial charge in [-0.2, -0.15) is 5.26 Å². The summed E-state index contributed by atoms with van der Waals surface area (Å²) in [5, 5.41) is 10.9. The fourth-order valence-electron chi connectivity index (χ4n) is 1.05. The highest BCUT2D eigenvalue weighted by Crippen LogP contribution is 2.08. The Hall–Kier alpha value is -1.08. The largest absolute Gasteiger partial charge is 0.355 e. The first-order valence-electron chi connectivity index (χ1n) is 4.48. The molecule has 1 unspecified atom stereocenters. The maximum Gasteiger partial charge on any atom is 0.224 e. The number of rotatable bonds is 5. The van der Waals surface area contributed by atoms with Crippen LogP contribution in [0.2, 0.25) is 0 Å². The molecule has 0 spiro atoms. The molecular weight excluding hydrogens is 166 g/mol. The monoisotopic (exact) mass is 183 g/mol. The van der Waals surface area contributed by atoms with Crippen LogP contribution >= 0.6 is 0 Å². The average Bonchev–Trinajstić information content (AvgIpc) is 2.05. The first-order valence-corrected chi connectivity index (χ1v) is 4.48. The first kappa shape index (κ1) is 11.9. The average molecular weight is 183 g/mol. The van der Waals surface area contributed by atoms with E-state index in [2.05, 4.69) is 5.32 Å². The van der Waals surface area contributed by atoms with Crippen molar-refractivity contribution >= 4 is 5.91 Å². The molecule has 0 fully saturated rings. The molecule has 0 radical (unpaired) electrons. The Balaban J connectivity index is 3.86. The molecule has 3 N–H and O–H groups in total. The third-order valence-electron chi connectivity index (χ3n) is 1.93. The zero-order valence-electron chi connectivity index (χ0n) is 8.21. The van der Waals surface area contributed by atoms with E-state index in [9.17, 15) is 4.79 Å². The molecule has 0 bridgehead atoms. The molecule has 0 aliphatic carbocycles. The molecule has 1 amide bonds. The van der Waals surface area contributed by atoms with Crippen LogP contribution in [0.5, 0.6) is 0 Å². The molecule has 4 nitrogen and oxygen atoms in total. The van der Waals surface area contributed by atoms with Crippen molar-refractivity contribution < 1.29 is 4.79 Å². The number of carbonyl (C=O) groups is 1. The number of nitrogens with zero attached hydrogens (tertiary/aromatic N) is 1. The maximum absolute atomic E-state index is 11.4. The van der Waals surface area contributed by atoms with Crippen LogP contribution in [-0.2, 0) is 4.79 Å². The highest BCUT2D eigenvalue weighted by molar-refractivity contribution is 5.79. The molecule has 74 valence electrons. The molecule has 0 aliphatic rings. The van der Waals surface area contributed by atoms with Gasteiger partial charge in [-0.1, -0.05) is 13.8 Å². The Labute approximate surface area is 79.1 Å². The van der Waals surface area contributed by atoms with Gasteiger partial charge in [0.05, 0.1) is 18.4 Å². The van der Waals surface area contributed by atoms with Crippen molar-refractivity contribution in [2.75, 3.05) is 13.1 Å². The predicted molar refractivity (Wildman–Crippen MR) is 50.6 cm³/mol. The van der Waals surface area contributed by atoms with Gasteiger partial charge in [0.25, 0.3) is 0 Å². The Bertz CT molecular complexity index is 196. The molecular formula is C9H17N3O. The fourth-order valence-corrected chi connectivity index (χ4v) is 1.05. The second kappa shape index (κ2) is 6.44. The van der Waals surface area contributed by atoms with Crippen LogP contribution in [0.25, 0.3) is 0 Å². The van der Waals surface area contributed by atoms with Crippen molar-refractivity contribution in [1.29, 1.82) is 5.26 Å². The number of hydrogen-bond donors (Lipinski definition) is 2. The summed E-state index contributed by atoms with van der Waals surface area (Å²) in [5.74, 6) is 0.0542. The Morgan fingerprint density at radius 3 is 2.62 bits per heavy atom. The summed E-state index contributed by atoms with van der Waals surface area (Å²) in [4.78, 5) is 11.4. The molecule has 0 saturated heterocycles. The van der Waals surface area contributed by atoms with Gasteiger partial charge < -0.3 is 11.1 Å². The van der Waals surface area contributed by atoms with Crippen LogP contribution in [0.4, 0.5) is 0 Å². The molecule has 0 aromatic carbocycles. The van der Waals surface area contributed by atoms with Gasteiger partial charge in [-0.15, -0.1) is 0 Å². The standard InChI is InChI=1S/C9H17N3O/c1-7(2)8(6-11)9(13)12-5-3-4-10/h7-8H,3,5-6,11H2,1-2H3,(H,12,13). The van der Waals surface area contributed by atoms with E-state index in [1.165, 1.54) is 0 Å². The van der Waals surface area contributed by atoms with Crippen molar-refractivity contribution in [3.63, 3.8) is 0 Å². The topological polar surface area (TPSA) is 78.9 Å².